The van der Waals surface area contributed by atoms with Gasteiger partial charge in [-0.2, -0.15) is 0 Å². The lowest BCUT2D eigenvalue weighted by molar-refractivity contribution is 0.550. The molecule has 0 aliphatic heterocycles. The van der Waals surface area contributed by atoms with Gasteiger partial charge in [0.25, 0.3) is 0 Å². The number of hydrogen-bond donors (Lipinski definition) is 0. The second-order valence-corrected chi connectivity index (χ2v) is 5.01. The van der Waals surface area contributed by atoms with Crippen molar-refractivity contribution in [3.8, 4) is 16.9 Å². The molecular formula is C17H10FN3O2. The van der Waals surface area contributed by atoms with Crippen molar-refractivity contribution >= 4 is 11.0 Å². The van der Waals surface area contributed by atoms with Crippen molar-refractivity contribution in [2.75, 3.05) is 0 Å². The Morgan fingerprint density at radius 3 is 2.65 bits per heavy atom. The zero-order valence-corrected chi connectivity index (χ0v) is 11.8. The zero-order chi connectivity index (χ0) is 15.8. The molecule has 2 aromatic carbocycles. The highest BCUT2D eigenvalue weighted by Gasteiger charge is 2.11. The average Bonchev–Trinajstić information content (AvgIpc) is 3.04. The molecule has 4 aromatic rings. The largest absolute Gasteiger partial charge is 0.421 e. The van der Waals surface area contributed by atoms with Crippen LogP contribution in [0.25, 0.3) is 27.9 Å². The van der Waals surface area contributed by atoms with E-state index < -0.39 is 5.63 Å². The fourth-order valence-electron chi connectivity index (χ4n) is 2.35. The van der Waals surface area contributed by atoms with Crippen molar-refractivity contribution in [3.63, 3.8) is 0 Å². The van der Waals surface area contributed by atoms with E-state index in [-0.39, 0.29) is 11.5 Å². The quantitative estimate of drug-likeness (QED) is 0.534. The second-order valence-electron chi connectivity index (χ2n) is 5.01. The maximum absolute atomic E-state index is 13.0. The number of fused-ring (bicyclic) bond motifs is 1. The van der Waals surface area contributed by atoms with E-state index in [1.807, 2.05) is 12.1 Å². The van der Waals surface area contributed by atoms with Crippen LogP contribution in [-0.2, 0) is 0 Å². The number of hydrogen-bond acceptors (Lipinski definition) is 4. The molecule has 6 heteroatoms. The van der Waals surface area contributed by atoms with E-state index in [9.17, 15) is 9.18 Å². The number of halogens is 1. The number of rotatable bonds is 2. The van der Waals surface area contributed by atoms with Gasteiger partial charge >= 0.3 is 5.63 Å². The summed E-state index contributed by atoms with van der Waals surface area (Å²) in [6, 6.07) is 14.8. The Balaban J connectivity index is 1.81. The first-order chi connectivity index (χ1) is 11.2. The summed E-state index contributed by atoms with van der Waals surface area (Å²) in [7, 11) is 0. The van der Waals surface area contributed by atoms with Crippen LogP contribution < -0.4 is 5.63 Å². The number of para-hydroxylation sites is 1. The van der Waals surface area contributed by atoms with Crippen LogP contribution in [0.3, 0.4) is 0 Å². The summed E-state index contributed by atoms with van der Waals surface area (Å²) in [5.74, 6) is -0.323. The van der Waals surface area contributed by atoms with Gasteiger partial charge in [0, 0.05) is 10.9 Å². The standard InChI is InChI=1S/C17H10FN3O2/c18-13-7-5-11(6-8-13)14-10-21(20-19-14)15-9-12-3-1-2-4-16(12)23-17(15)22/h1-10H. The fraction of sp³-hybridized carbons (Fsp3) is 0. The summed E-state index contributed by atoms with van der Waals surface area (Å²) in [4.78, 5) is 12.1. The molecule has 0 unspecified atom stereocenters. The Morgan fingerprint density at radius 2 is 1.83 bits per heavy atom. The number of aromatic nitrogens is 3. The summed E-state index contributed by atoms with van der Waals surface area (Å²) in [6.45, 7) is 0. The maximum atomic E-state index is 13.0. The molecule has 0 aliphatic carbocycles. The highest BCUT2D eigenvalue weighted by Crippen LogP contribution is 2.19. The molecule has 0 aliphatic rings. The third-order valence-electron chi connectivity index (χ3n) is 3.50. The topological polar surface area (TPSA) is 60.9 Å². The summed E-state index contributed by atoms with van der Waals surface area (Å²) in [5, 5.41) is 8.78. The fourth-order valence-corrected chi connectivity index (χ4v) is 2.35. The van der Waals surface area contributed by atoms with Gasteiger partial charge in [0.15, 0.2) is 5.69 Å². The Kier molecular flexibility index (Phi) is 3.01. The normalized spacial score (nSPS) is 11.0. The smallest absolute Gasteiger partial charge is 0.362 e. The van der Waals surface area contributed by atoms with Crippen LogP contribution in [0.2, 0.25) is 0 Å². The lowest BCUT2D eigenvalue weighted by atomic mass is 10.2. The maximum Gasteiger partial charge on any atom is 0.362 e. The molecule has 23 heavy (non-hydrogen) atoms. The lowest BCUT2D eigenvalue weighted by Crippen LogP contribution is -2.10. The molecule has 0 saturated heterocycles. The summed E-state index contributed by atoms with van der Waals surface area (Å²) in [5.41, 5.74) is 1.53. The van der Waals surface area contributed by atoms with Crippen molar-refractivity contribution in [2.24, 2.45) is 0 Å². The van der Waals surface area contributed by atoms with Crippen molar-refractivity contribution in [1.29, 1.82) is 0 Å². The van der Waals surface area contributed by atoms with Crippen LogP contribution >= 0.6 is 0 Å². The van der Waals surface area contributed by atoms with Gasteiger partial charge in [0.1, 0.15) is 17.1 Å². The van der Waals surface area contributed by atoms with Crippen molar-refractivity contribution in [1.82, 2.24) is 15.0 Å². The first kappa shape index (κ1) is 13.4. The minimum absolute atomic E-state index is 0.268. The third kappa shape index (κ3) is 2.40. The van der Waals surface area contributed by atoms with Gasteiger partial charge in [0.2, 0.25) is 0 Å². The molecule has 4 rings (SSSR count). The van der Waals surface area contributed by atoms with E-state index >= 15 is 0 Å². The van der Waals surface area contributed by atoms with E-state index in [4.69, 9.17) is 4.42 Å². The van der Waals surface area contributed by atoms with Gasteiger partial charge in [-0.05, 0) is 36.4 Å². The lowest BCUT2D eigenvalue weighted by Gasteiger charge is -2.00. The Bertz CT molecular complexity index is 1050. The van der Waals surface area contributed by atoms with Crippen LogP contribution in [0, 0.1) is 5.82 Å². The van der Waals surface area contributed by atoms with Crippen LogP contribution in [0.4, 0.5) is 4.39 Å². The van der Waals surface area contributed by atoms with Crippen molar-refractivity contribution < 1.29 is 8.81 Å². The molecule has 0 N–H and O–H groups in total. The molecule has 2 heterocycles. The monoisotopic (exact) mass is 307 g/mol. The molecule has 0 saturated carbocycles. The van der Waals surface area contributed by atoms with Gasteiger partial charge in [-0.1, -0.05) is 23.4 Å². The van der Waals surface area contributed by atoms with Gasteiger partial charge in [-0.15, -0.1) is 5.10 Å². The molecule has 0 fully saturated rings. The minimum atomic E-state index is -0.501. The summed E-state index contributed by atoms with van der Waals surface area (Å²) < 4.78 is 19.6. The van der Waals surface area contributed by atoms with Crippen LogP contribution in [0.5, 0.6) is 0 Å². The van der Waals surface area contributed by atoms with Crippen molar-refractivity contribution in [3.05, 3.63) is 77.0 Å². The predicted octanol–water partition coefficient (Wildman–Crippen LogP) is 3.18. The summed E-state index contributed by atoms with van der Waals surface area (Å²) in [6.07, 6.45) is 1.61. The van der Waals surface area contributed by atoms with E-state index in [1.165, 1.54) is 16.8 Å². The van der Waals surface area contributed by atoms with Crippen molar-refractivity contribution in [2.45, 2.75) is 0 Å². The molecular weight excluding hydrogens is 297 g/mol. The van der Waals surface area contributed by atoms with E-state index in [2.05, 4.69) is 10.3 Å². The second kappa shape index (κ2) is 5.17. The first-order valence-electron chi connectivity index (χ1n) is 6.92. The highest BCUT2D eigenvalue weighted by atomic mass is 19.1. The highest BCUT2D eigenvalue weighted by molar-refractivity contribution is 5.78. The first-order valence-corrected chi connectivity index (χ1v) is 6.92. The van der Waals surface area contributed by atoms with Gasteiger partial charge in [0.05, 0.1) is 6.20 Å². The van der Waals surface area contributed by atoms with Crippen LogP contribution in [0.15, 0.2) is 70.0 Å². The Labute approximate surface area is 129 Å². The average molecular weight is 307 g/mol. The predicted molar refractivity (Wildman–Crippen MR) is 82.8 cm³/mol. The number of benzene rings is 2. The van der Waals surface area contributed by atoms with E-state index in [1.54, 1.807) is 36.5 Å². The molecule has 0 bridgehead atoms. The molecule has 2 aromatic heterocycles. The van der Waals surface area contributed by atoms with Gasteiger partial charge in [-0.25, -0.2) is 13.9 Å². The third-order valence-corrected chi connectivity index (χ3v) is 3.50. The van der Waals surface area contributed by atoms with Gasteiger partial charge < -0.3 is 4.42 Å². The molecule has 0 spiro atoms. The molecule has 112 valence electrons. The zero-order valence-electron chi connectivity index (χ0n) is 11.8. The van der Waals surface area contributed by atoms with Crippen LogP contribution in [-0.4, -0.2) is 15.0 Å². The minimum Gasteiger partial charge on any atom is -0.421 e. The van der Waals surface area contributed by atoms with E-state index in [0.29, 0.717) is 16.8 Å². The Morgan fingerprint density at radius 1 is 1.04 bits per heavy atom. The molecule has 0 radical (unpaired) electrons. The molecule has 0 atom stereocenters. The number of nitrogens with zero attached hydrogens (tertiary/aromatic N) is 3. The SMILES string of the molecule is O=c1oc2ccccc2cc1-n1cc(-c2ccc(F)cc2)nn1. The molecule has 5 nitrogen and oxygen atoms in total. The van der Waals surface area contributed by atoms with Crippen LogP contribution in [0.1, 0.15) is 0 Å². The Hall–Kier alpha value is -3.28. The summed E-state index contributed by atoms with van der Waals surface area (Å²) >= 11 is 0. The van der Waals surface area contributed by atoms with E-state index in [0.717, 1.165) is 5.39 Å². The van der Waals surface area contributed by atoms with Gasteiger partial charge in [-0.3, -0.25) is 0 Å². The molecule has 0 amide bonds.